The van der Waals surface area contributed by atoms with Crippen molar-refractivity contribution in [2.75, 3.05) is 6.54 Å². The predicted octanol–water partition coefficient (Wildman–Crippen LogP) is 1.33. The number of benzene rings is 1. The zero-order valence-electron chi connectivity index (χ0n) is 10.8. The molecule has 0 bridgehead atoms. The van der Waals surface area contributed by atoms with Crippen molar-refractivity contribution in [3.63, 3.8) is 0 Å². The lowest BCUT2D eigenvalue weighted by Crippen LogP contribution is -2.40. The largest absolute Gasteiger partial charge is 0.508 e. The number of carboxylic acids is 1. The number of carbonyl (C=O) groups excluding carboxylic acids is 1. The SMILES string of the molecule is CCC(C)(CNC(=O)c1cc(O)cc(O)c1)C(=O)O. The van der Waals surface area contributed by atoms with E-state index in [1.54, 1.807) is 6.92 Å². The van der Waals surface area contributed by atoms with Gasteiger partial charge < -0.3 is 20.6 Å². The van der Waals surface area contributed by atoms with Gasteiger partial charge in [-0.1, -0.05) is 6.92 Å². The Hall–Kier alpha value is -2.24. The summed E-state index contributed by atoms with van der Waals surface area (Å²) in [6, 6.07) is 3.49. The molecular formula is C13H17NO5. The molecule has 0 radical (unpaired) electrons. The molecule has 104 valence electrons. The Morgan fingerprint density at radius 1 is 1.21 bits per heavy atom. The van der Waals surface area contributed by atoms with E-state index in [4.69, 9.17) is 5.11 Å². The minimum absolute atomic E-state index is 0.0336. The highest BCUT2D eigenvalue weighted by molar-refractivity contribution is 5.95. The van der Waals surface area contributed by atoms with E-state index >= 15 is 0 Å². The molecule has 19 heavy (non-hydrogen) atoms. The van der Waals surface area contributed by atoms with Crippen LogP contribution < -0.4 is 5.32 Å². The molecule has 0 fully saturated rings. The second-order valence-corrected chi connectivity index (χ2v) is 4.64. The molecule has 6 heteroatoms. The number of nitrogens with one attached hydrogen (secondary N) is 1. The van der Waals surface area contributed by atoms with E-state index < -0.39 is 17.3 Å². The normalized spacial score (nSPS) is 13.6. The molecule has 1 aromatic rings. The van der Waals surface area contributed by atoms with E-state index in [9.17, 15) is 19.8 Å². The van der Waals surface area contributed by atoms with Gasteiger partial charge in [0, 0.05) is 18.2 Å². The Labute approximate surface area is 110 Å². The maximum absolute atomic E-state index is 11.8. The number of carbonyl (C=O) groups is 2. The quantitative estimate of drug-likeness (QED) is 0.644. The minimum Gasteiger partial charge on any atom is -0.508 e. The molecule has 0 spiro atoms. The number of hydrogen-bond donors (Lipinski definition) is 4. The average Bonchev–Trinajstić information content (AvgIpc) is 2.34. The van der Waals surface area contributed by atoms with E-state index in [0.717, 1.165) is 6.07 Å². The lowest BCUT2D eigenvalue weighted by Gasteiger charge is -2.23. The van der Waals surface area contributed by atoms with Crippen LogP contribution >= 0.6 is 0 Å². The van der Waals surface area contributed by atoms with Gasteiger partial charge >= 0.3 is 5.97 Å². The molecular weight excluding hydrogens is 250 g/mol. The summed E-state index contributed by atoms with van der Waals surface area (Å²) in [6.45, 7) is 3.23. The molecule has 6 nitrogen and oxygen atoms in total. The number of rotatable bonds is 5. The Kier molecular flexibility index (Phi) is 4.37. The molecule has 0 aromatic heterocycles. The number of phenolic OH excluding ortho intramolecular Hbond substituents is 2. The third-order valence-corrected chi connectivity index (χ3v) is 3.10. The molecule has 0 saturated heterocycles. The summed E-state index contributed by atoms with van der Waals surface area (Å²) >= 11 is 0. The Morgan fingerprint density at radius 3 is 2.16 bits per heavy atom. The molecule has 0 aliphatic rings. The van der Waals surface area contributed by atoms with Crippen molar-refractivity contribution in [3.8, 4) is 11.5 Å². The molecule has 0 saturated carbocycles. The monoisotopic (exact) mass is 267 g/mol. The van der Waals surface area contributed by atoms with Crippen molar-refractivity contribution < 1.29 is 24.9 Å². The number of hydrogen-bond acceptors (Lipinski definition) is 4. The summed E-state index contributed by atoms with van der Waals surface area (Å²) in [6.07, 6.45) is 0.369. The second kappa shape index (κ2) is 5.60. The number of aliphatic carboxylic acids is 1. The zero-order valence-corrected chi connectivity index (χ0v) is 10.8. The third-order valence-electron chi connectivity index (χ3n) is 3.10. The van der Waals surface area contributed by atoms with Crippen molar-refractivity contribution in [2.24, 2.45) is 5.41 Å². The number of phenols is 2. The van der Waals surface area contributed by atoms with Crippen LogP contribution in [0.1, 0.15) is 30.6 Å². The fraction of sp³-hybridized carbons (Fsp3) is 0.385. The molecule has 0 aliphatic carbocycles. The van der Waals surface area contributed by atoms with Crippen LogP contribution in [0, 0.1) is 5.41 Å². The Balaban J connectivity index is 2.78. The van der Waals surface area contributed by atoms with Crippen LogP contribution in [-0.4, -0.2) is 33.7 Å². The van der Waals surface area contributed by atoms with Gasteiger partial charge in [0.25, 0.3) is 5.91 Å². The lowest BCUT2D eigenvalue weighted by molar-refractivity contribution is -0.147. The van der Waals surface area contributed by atoms with Gasteiger partial charge in [0.2, 0.25) is 0 Å². The van der Waals surface area contributed by atoms with Gasteiger partial charge in [-0.2, -0.15) is 0 Å². The van der Waals surface area contributed by atoms with Gasteiger partial charge in [-0.15, -0.1) is 0 Å². The van der Waals surface area contributed by atoms with Gasteiger partial charge in [0.05, 0.1) is 5.41 Å². The fourth-order valence-electron chi connectivity index (χ4n) is 1.46. The standard InChI is InChI=1S/C13H17NO5/c1-3-13(2,12(18)19)7-14-11(17)8-4-9(15)6-10(16)5-8/h4-6,15-16H,3,7H2,1-2H3,(H,14,17)(H,18,19). The van der Waals surface area contributed by atoms with Crippen molar-refractivity contribution in [3.05, 3.63) is 23.8 Å². The summed E-state index contributed by atoms with van der Waals surface area (Å²) in [7, 11) is 0. The van der Waals surface area contributed by atoms with Crippen LogP contribution in [0.25, 0.3) is 0 Å². The molecule has 0 aliphatic heterocycles. The molecule has 1 amide bonds. The van der Waals surface area contributed by atoms with Crippen LogP contribution in [0.5, 0.6) is 11.5 Å². The first-order valence-electron chi connectivity index (χ1n) is 5.83. The number of aromatic hydroxyl groups is 2. The van der Waals surface area contributed by atoms with E-state index in [1.165, 1.54) is 19.1 Å². The van der Waals surface area contributed by atoms with Crippen LogP contribution in [0.3, 0.4) is 0 Å². The van der Waals surface area contributed by atoms with Gasteiger partial charge in [-0.25, -0.2) is 0 Å². The van der Waals surface area contributed by atoms with Crippen molar-refractivity contribution in [1.29, 1.82) is 0 Å². The Bertz CT molecular complexity index is 480. The molecule has 1 aromatic carbocycles. The highest BCUT2D eigenvalue weighted by atomic mass is 16.4. The van der Waals surface area contributed by atoms with E-state index in [-0.39, 0.29) is 23.6 Å². The highest BCUT2D eigenvalue weighted by Gasteiger charge is 2.31. The van der Waals surface area contributed by atoms with Gasteiger partial charge in [-0.3, -0.25) is 9.59 Å². The zero-order chi connectivity index (χ0) is 14.6. The second-order valence-electron chi connectivity index (χ2n) is 4.64. The first-order chi connectivity index (χ1) is 8.78. The summed E-state index contributed by atoms with van der Waals surface area (Å²) in [4.78, 5) is 22.9. The third kappa shape index (κ3) is 3.61. The minimum atomic E-state index is -1.05. The topological polar surface area (TPSA) is 107 Å². The molecule has 4 N–H and O–H groups in total. The van der Waals surface area contributed by atoms with Crippen molar-refractivity contribution in [2.45, 2.75) is 20.3 Å². The number of carboxylic acid groups (broad SMARTS) is 1. The molecule has 1 atom stereocenters. The van der Waals surface area contributed by atoms with Crippen molar-refractivity contribution >= 4 is 11.9 Å². The van der Waals surface area contributed by atoms with Crippen LogP contribution in [0.2, 0.25) is 0 Å². The smallest absolute Gasteiger partial charge is 0.311 e. The summed E-state index contributed by atoms with van der Waals surface area (Å²) in [5.74, 6) is -2.01. The Morgan fingerprint density at radius 2 is 1.74 bits per heavy atom. The van der Waals surface area contributed by atoms with Crippen LogP contribution in [0.4, 0.5) is 0 Å². The highest BCUT2D eigenvalue weighted by Crippen LogP contribution is 2.22. The fourth-order valence-corrected chi connectivity index (χ4v) is 1.46. The first kappa shape index (κ1) is 14.8. The summed E-state index contributed by atoms with van der Waals surface area (Å²) < 4.78 is 0. The van der Waals surface area contributed by atoms with Crippen molar-refractivity contribution in [1.82, 2.24) is 5.32 Å². The maximum Gasteiger partial charge on any atom is 0.311 e. The first-order valence-corrected chi connectivity index (χ1v) is 5.83. The average molecular weight is 267 g/mol. The van der Waals surface area contributed by atoms with Gasteiger partial charge in [0.1, 0.15) is 11.5 Å². The van der Waals surface area contributed by atoms with Crippen LogP contribution in [-0.2, 0) is 4.79 Å². The van der Waals surface area contributed by atoms with Gasteiger partial charge in [-0.05, 0) is 25.5 Å². The van der Waals surface area contributed by atoms with E-state index in [1.807, 2.05) is 0 Å². The molecule has 1 unspecified atom stereocenters. The van der Waals surface area contributed by atoms with E-state index in [0.29, 0.717) is 6.42 Å². The maximum atomic E-state index is 11.8. The summed E-state index contributed by atoms with van der Waals surface area (Å²) in [5, 5.41) is 30.1. The number of amides is 1. The lowest BCUT2D eigenvalue weighted by atomic mass is 9.87. The predicted molar refractivity (Wildman–Crippen MR) is 68.1 cm³/mol. The van der Waals surface area contributed by atoms with Gasteiger partial charge in [0.15, 0.2) is 0 Å². The van der Waals surface area contributed by atoms with Crippen LogP contribution in [0.15, 0.2) is 18.2 Å². The van der Waals surface area contributed by atoms with E-state index in [2.05, 4.69) is 5.32 Å². The molecule has 0 heterocycles. The summed E-state index contributed by atoms with van der Waals surface area (Å²) in [5.41, 5.74) is -0.976. The molecule has 1 rings (SSSR count).